The Hall–Kier alpha value is -2.88. The van der Waals surface area contributed by atoms with Crippen molar-refractivity contribution in [1.29, 1.82) is 0 Å². The van der Waals surface area contributed by atoms with Crippen molar-refractivity contribution < 1.29 is 9.21 Å². The summed E-state index contributed by atoms with van der Waals surface area (Å²) in [5.74, 6) is 0.209. The van der Waals surface area contributed by atoms with E-state index in [1.54, 1.807) is 0 Å². The molecule has 1 heterocycles. The van der Waals surface area contributed by atoms with Crippen molar-refractivity contribution in [2.45, 2.75) is 20.8 Å². The first-order chi connectivity index (χ1) is 11.0. The molecule has 3 rings (SSSR count). The predicted molar refractivity (Wildman–Crippen MR) is 90.5 cm³/mol. The van der Waals surface area contributed by atoms with Crippen LogP contribution < -0.4 is 5.32 Å². The largest absolute Gasteiger partial charge is 0.443 e. The Kier molecular flexibility index (Phi) is 3.98. The number of aryl methyl sites for hydroxylation is 3. The maximum absolute atomic E-state index is 12.6. The molecule has 0 saturated heterocycles. The van der Waals surface area contributed by atoms with Gasteiger partial charge in [0.25, 0.3) is 5.91 Å². The summed E-state index contributed by atoms with van der Waals surface area (Å²) in [4.78, 5) is 16.7. The van der Waals surface area contributed by atoms with Crippen LogP contribution >= 0.6 is 0 Å². The van der Waals surface area contributed by atoms with E-state index in [-0.39, 0.29) is 11.6 Å². The van der Waals surface area contributed by atoms with Gasteiger partial charge in [-0.05, 0) is 44.0 Å². The Morgan fingerprint density at radius 2 is 1.83 bits per heavy atom. The summed E-state index contributed by atoms with van der Waals surface area (Å²) in [5.41, 5.74) is 5.10. The topological polar surface area (TPSA) is 55.1 Å². The highest BCUT2D eigenvalue weighted by Crippen LogP contribution is 2.25. The first-order valence-corrected chi connectivity index (χ1v) is 7.44. The average molecular weight is 306 g/mol. The number of carbonyl (C=O) groups excluding carboxylic acids is 1. The number of nitrogens with one attached hydrogen (secondary N) is 1. The van der Waals surface area contributed by atoms with E-state index in [1.807, 2.05) is 63.2 Å². The van der Waals surface area contributed by atoms with Gasteiger partial charge in [0, 0.05) is 11.3 Å². The first kappa shape index (κ1) is 15.0. The third kappa shape index (κ3) is 3.16. The highest BCUT2D eigenvalue weighted by Gasteiger charge is 2.19. The van der Waals surface area contributed by atoms with Gasteiger partial charge >= 0.3 is 0 Å². The van der Waals surface area contributed by atoms with Crippen LogP contribution in [0.4, 0.5) is 5.69 Å². The number of hydrogen-bond donors (Lipinski definition) is 1. The van der Waals surface area contributed by atoms with E-state index >= 15 is 0 Å². The zero-order chi connectivity index (χ0) is 16.4. The summed E-state index contributed by atoms with van der Waals surface area (Å²) in [7, 11) is 0. The molecule has 0 bridgehead atoms. The Balaban J connectivity index is 1.92. The highest BCUT2D eigenvalue weighted by atomic mass is 16.3. The fourth-order valence-electron chi connectivity index (χ4n) is 2.45. The van der Waals surface area contributed by atoms with Crippen LogP contribution in [0, 0.1) is 20.8 Å². The minimum Gasteiger partial charge on any atom is -0.443 e. The van der Waals surface area contributed by atoms with E-state index in [0.29, 0.717) is 5.76 Å². The third-order valence-corrected chi connectivity index (χ3v) is 3.70. The van der Waals surface area contributed by atoms with Crippen molar-refractivity contribution in [3.8, 4) is 11.3 Å². The molecule has 0 unspecified atom stereocenters. The normalized spacial score (nSPS) is 10.6. The molecule has 0 radical (unpaired) electrons. The summed E-state index contributed by atoms with van der Waals surface area (Å²) in [5, 5.41) is 2.92. The molecule has 23 heavy (non-hydrogen) atoms. The van der Waals surface area contributed by atoms with Crippen LogP contribution in [-0.4, -0.2) is 10.9 Å². The molecule has 1 aromatic heterocycles. The van der Waals surface area contributed by atoms with Crippen molar-refractivity contribution in [3.05, 3.63) is 71.2 Å². The van der Waals surface area contributed by atoms with Crippen LogP contribution in [0.3, 0.4) is 0 Å². The van der Waals surface area contributed by atoms with Gasteiger partial charge in [0.2, 0.25) is 0 Å². The number of carbonyl (C=O) groups is 1. The zero-order valence-corrected chi connectivity index (χ0v) is 13.4. The molecule has 2 aromatic carbocycles. The van der Waals surface area contributed by atoms with Crippen molar-refractivity contribution in [3.63, 3.8) is 0 Å². The van der Waals surface area contributed by atoms with Gasteiger partial charge in [0.1, 0.15) is 0 Å². The molecule has 0 aliphatic rings. The summed E-state index contributed by atoms with van der Waals surface area (Å²) in [6.45, 7) is 5.94. The lowest BCUT2D eigenvalue weighted by atomic mass is 10.1. The Bertz CT molecular complexity index is 865. The smallest absolute Gasteiger partial charge is 0.278 e. The van der Waals surface area contributed by atoms with Gasteiger partial charge in [-0.3, -0.25) is 4.79 Å². The van der Waals surface area contributed by atoms with Crippen molar-refractivity contribution >= 4 is 11.6 Å². The van der Waals surface area contributed by atoms with Crippen molar-refractivity contribution in [2.24, 2.45) is 0 Å². The summed E-state index contributed by atoms with van der Waals surface area (Å²) >= 11 is 0. The molecule has 1 amide bonds. The lowest BCUT2D eigenvalue weighted by Crippen LogP contribution is -2.14. The molecule has 0 spiro atoms. The number of aromatic nitrogens is 1. The molecular weight excluding hydrogens is 288 g/mol. The maximum Gasteiger partial charge on any atom is 0.278 e. The number of amides is 1. The van der Waals surface area contributed by atoms with Gasteiger partial charge in [-0.15, -0.1) is 0 Å². The summed E-state index contributed by atoms with van der Waals surface area (Å²) < 4.78 is 5.45. The monoisotopic (exact) mass is 306 g/mol. The van der Waals surface area contributed by atoms with Gasteiger partial charge in [-0.25, -0.2) is 4.98 Å². The first-order valence-electron chi connectivity index (χ1n) is 7.44. The van der Waals surface area contributed by atoms with E-state index in [4.69, 9.17) is 4.42 Å². The lowest BCUT2D eigenvalue weighted by Gasteiger charge is -2.09. The summed E-state index contributed by atoms with van der Waals surface area (Å²) in [6, 6.07) is 13.7. The molecule has 4 nitrogen and oxygen atoms in total. The Labute approximate surface area is 135 Å². The van der Waals surface area contributed by atoms with E-state index in [0.717, 1.165) is 27.9 Å². The highest BCUT2D eigenvalue weighted by molar-refractivity contribution is 6.06. The van der Waals surface area contributed by atoms with E-state index in [2.05, 4.69) is 10.3 Å². The minimum absolute atomic E-state index is 0.274. The average Bonchev–Trinajstić information content (AvgIpc) is 3.00. The van der Waals surface area contributed by atoms with E-state index in [1.165, 1.54) is 6.39 Å². The van der Waals surface area contributed by atoms with Gasteiger partial charge in [-0.2, -0.15) is 0 Å². The Morgan fingerprint density at radius 3 is 2.61 bits per heavy atom. The molecule has 0 aliphatic heterocycles. The molecule has 1 N–H and O–H groups in total. The number of rotatable bonds is 3. The SMILES string of the molecule is Cc1cccc(-c2ocnc2C(=O)Nc2cc(C)ccc2C)c1. The van der Waals surface area contributed by atoms with Gasteiger partial charge in [0.15, 0.2) is 17.8 Å². The molecule has 116 valence electrons. The number of anilines is 1. The van der Waals surface area contributed by atoms with Crippen molar-refractivity contribution in [1.82, 2.24) is 4.98 Å². The predicted octanol–water partition coefficient (Wildman–Crippen LogP) is 4.52. The van der Waals surface area contributed by atoms with Gasteiger partial charge in [0.05, 0.1) is 0 Å². The third-order valence-electron chi connectivity index (χ3n) is 3.70. The standard InChI is InChI=1S/C19H18N2O2/c1-12-5-4-6-15(9-12)18-17(20-11-23-18)19(22)21-16-10-13(2)7-8-14(16)3/h4-11H,1-3H3,(H,21,22). The Morgan fingerprint density at radius 1 is 1.04 bits per heavy atom. The second kappa shape index (κ2) is 6.08. The van der Waals surface area contributed by atoms with Crippen LogP contribution in [0.1, 0.15) is 27.2 Å². The molecule has 0 aliphatic carbocycles. The van der Waals surface area contributed by atoms with Gasteiger partial charge in [-0.1, -0.05) is 35.9 Å². The number of oxazole rings is 1. The van der Waals surface area contributed by atoms with E-state index < -0.39 is 0 Å². The minimum atomic E-state index is -0.274. The fraction of sp³-hybridized carbons (Fsp3) is 0.158. The fourth-order valence-corrected chi connectivity index (χ4v) is 2.45. The van der Waals surface area contributed by atoms with Crippen LogP contribution in [0.15, 0.2) is 53.3 Å². The molecule has 0 atom stereocenters. The number of hydrogen-bond acceptors (Lipinski definition) is 3. The molecule has 0 fully saturated rings. The van der Waals surface area contributed by atoms with Crippen LogP contribution in [0.2, 0.25) is 0 Å². The molecule has 4 heteroatoms. The molecule has 3 aromatic rings. The second-order valence-corrected chi connectivity index (χ2v) is 5.67. The molecular formula is C19H18N2O2. The number of benzene rings is 2. The quantitative estimate of drug-likeness (QED) is 0.774. The van der Waals surface area contributed by atoms with E-state index in [9.17, 15) is 4.79 Å². The van der Waals surface area contributed by atoms with Crippen LogP contribution in [0.5, 0.6) is 0 Å². The zero-order valence-electron chi connectivity index (χ0n) is 13.4. The maximum atomic E-state index is 12.6. The second-order valence-electron chi connectivity index (χ2n) is 5.67. The molecule has 0 saturated carbocycles. The van der Waals surface area contributed by atoms with Crippen LogP contribution in [-0.2, 0) is 0 Å². The lowest BCUT2D eigenvalue weighted by molar-refractivity contribution is 0.102. The van der Waals surface area contributed by atoms with Crippen LogP contribution in [0.25, 0.3) is 11.3 Å². The van der Waals surface area contributed by atoms with Crippen molar-refractivity contribution in [2.75, 3.05) is 5.32 Å². The number of nitrogens with zero attached hydrogens (tertiary/aromatic N) is 1. The summed E-state index contributed by atoms with van der Waals surface area (Å²) in [6.07, 6.45) is 1.30. The van der Waals surface area contributed by atoms with Gasteiger partial charge < -0.3 is 9.73 Å².